The quantitative estimate of drug-likeness (QED) is 0.290. The lowest BCUT2D eigenvalue weighted by molar-refractivity contribution is 0.102. The van der Waals surface area contributed by atoms with Crippen molar-refractivity contribution < 1.29 is 22.7 Å². The SMILES string of the molecule is O=C(Nc1ccc(-n2nc(OCc3ccc(F)cc3)nc2-c2ccc(F)cc2)cc1)c1cccc(F)c1. The minimum absolute atomic E-state index is 0.0760. The molecule has 0 spiro atoms. The second-order valence-electron chi connectivity index (χ2n) is 8.06. The van der Waals surface area contributed by atoms with E-state index < -0.39 is 11.7 Å². The molecule has 4 aromatic carbocycles. The molecule has 1 amide bonds. The van der Waals surface area contributed by atoms with Gasteiger partial charge >= 0.3 is 6.01 Å². The van der Waals surface area contributed by atoms with Crippen molar-refractivity contribution in [2.45, 2.75) is 6.61 Å². The molecular weight excluding hydrogens is 481 g/mol. The van der Waals surface area contributed by atoms with Crippen LogP contribution in [0.15, 0.2) is 97.1 Å². The number of carbonyl (C=O) groups excluding carboxylic acids is 1. The van der Waals surface area contributed by atoms with Gasteiger partial charge in [-0.05, 0) is 84.4 Å². The van der Waals surface area contributed by atoms with Crippen LogP contribution in [-0.4, -0.2) is 20.7 Å². The second-order valence-corrected chi connectivity index (χ2v) is 8.06. The predicted molar refractivity (Wildman–Crippen MR) is 132 cm³/mol. The fraction of sp³-hybridized carbons (Fsp3) is 0.0357. The van der Waals surface area contributed by atoms with E-state index in [1.54, 1.807) is 48.5 Å². The highest BCUT2D eigenvalue weighted by molar-refractivity contribution is 6.04. The van der Waals surface area contributed by atoms with Crippen LogP contribution in [-0.2, 0) is 6.61 Å². The third-order valence-corrected chi connectivity index (χ3v) is 5.43. The van der Waals surface area contributed by atoms with Crippen molar-refractivity contribution in [1.82, 2.24) is 14.8 Å². The third-order valence-electron chi connectivity index (χ3n) is 5.43. The summed E-state index contributed by atoms with van der Waals surface area (Å²) in [4.78, 5) is 16.9. The molecule has 184 valence electrons. The maximum absolute atomic E-state index is 13.5. The molecular formula is C28H19F3N4O2. The zero-order valence-electron chi connectivity index (χ0n) is 19.2. The van der Waals surface area contributed by atoms with Crippen LogP contribution in [0.3, 0.4) is 0 Å². The molecule has 9 heteroatoms. The van der Waals surface area contributed by atoms with Crippen molar-refractivity contribution in [2.24, 2.45) is 0 Å². The largest absolute Gasteiger partial charge is 0.457 e. The van der Waals surface area contributed by atoms with E-state index >= 15 is 0 Å². The average Bonchev–Trinajstić information content (AvgIpc) is 3.33. The van der Waals surface area contributed by atoms with Gasteiger partial charge in [-0.3, -0.25) is 4.79 Å². The van der Waals surface area contributed by atoms with E-state index in [1.165, 1.54) is 47.1 Å². The number of hydrogen-bond acceptors (Lipinski definition) is 4. The molecule has 0 aliphatic carbocycles. The first-order valence-corrected chi connectivity index (χ1v) is 11.2. The number of nitrogens with zero attached hydrogens (tertiary/aromatic N) is 3. The maximum atomic E-state index is 13.5. The summed E-state index contributed by atoms with van der Waals surface area (Å²) in [5.41, 5.74) is 2.64. The number of rotatable bonds is 7. The van der Waals surface area contributed by atoms with Gasteiger partial charge in [0, 0.05) is 16.8 Å². The van der Waals surface area contributed by atoms with Gasteiger partial charge in [-0.2, -0.15) is 4.98 Å². The number of nitrogens with one attached hydrogen (secondary N) is 1. The van der Waals surface area contributed by atoms with Crippen LogP contribution in [0.4, 0.5) is 18.9 Å². The molecule has 0 unspecified atom stereocenters. The van der Waals surface area contributed by atoms with Gasteiger partial charge in [-0.25, -0.2) is 17.9 Å². The Morgan fingerprint density at radius 3 is 2.16 bits per heavy atom. The van der Waals surface area contributed by atoms with E-state index in [0.717, 1.165) is 11.6 Å². The minimum Gasteiger partial charge on any atom is -0.457 e. The van der Waals surface area contributed by atoms with Crippen molar-refractivity contribution in [1.29, 1.82) is 0 Å². The Morgan fingerprint density at radius 1 is 0.811 bits per heavy atom. The smallest absolute Gasteiger partial charge is 0.336 e. The minimum atomic E-state index is -0.500. The summed E-state index contributed by atoms with van der Waals surface area (Å²) in [7, 11) is 0. The first kappa shape index (κ1) is 23.8. The van der Waals surface area contributed by atoms with Gasteiger partial charge in [0.05, 0.1) is 5.69 Å². The molecule has 0 saturated heterocycles. The lowest BCUT2D eigenvalue weighted by Gasteiger charge is -2.09. The van der Waals surface area contributed by atoms with Gasteiger partial charge in [0.25, 0.3) is 5.91 Å². The molecule has 5 rings (SSSR count). The summed E-state index contributed by atoms with van der Waals surface area (Å²) in [6.45, 7) is 0.123. The van der Waals surface area contributed by atoms with E-state index in [4.69, 9.17) is 4.74 Å². The van der Waals surface area contributed by atoms with E-state index in [1.807, 2.05) is 0 Å². The molecule has 0 radical (unpaired) electrons. The summed E-state index contributed by atoms with van der Waals surface area (Å²) in [5, 5.41) is 7.17. The average molecular weight is 500 g/mol. The summed E-state index contributed by atoms with van der Waals surface area (Å²) in [5.74, 6) is -1.27. The Kier molecular flexibility index (Phi) is 6.67. The monoisotopic (exact) mass is 500 g/mol. The number of hydrogen-bond donors (Lipinski definition) is 1. The highest BCUT2D eigenvalue weighted by Gasteiger charge is 2.16. The van der Waals surface area contributed by atoms with Crippen molar-refractivity contribution in [2.75, 3.05) is 5.32 Å². The van der Waals surface area contributed by atoms with Crippen molar-refractivity contribution in [3.8, 4) is 23.1 Å². The molecule has 5 aromatic rings. The normalized spacial score (nSPS) is 10.8. The van der Waals surface area contributed by atoms with Crippen LogP contribution in [0.2, 0.25) is 0 Å². The Bertz CT molecular complexity index is 1530. The van der Waals surface area contributed by atoms with Crippen LogP contribution in [0.5, 0.6) is 6.01 Å². The van der Waals surface area contributed by atoms with Crippen molar-refractivity contribution >= 4 is 11.6 Å². The number of carbonyl (C=O) groups is 1. The van der Waals surface area contributed by atoms with E-state index in [-0.39, 0.29) is 29.8 Å². The lowest BCUT2D eigenvalue weighted by atomic mass is 10.2. The fourth-order valence-electron chi connectivity index (χ4n) is 3.57. The van der Waals surface area contributed by atoms with E-state index in [9.17, 15) is 18.0 Å². The molecule has 0 bridgehead atoms. The molecule has 0 fully saturated rings. The Labute approximate surface area is 210 Å². The highest BCUT2D eigenvalue weighted by Crippen LogP contribution is 2.25. The van der Waals surface area contributed by atoms with E-state index in [2.05, 4.69) is 15.4 Å². The van der Waals surface area contributed by atoms with Gasteiger partial charge in [0.15, 0.2) is 5.82 Å². The molecule has 1 N–H and O–H groups in total. The number of halogens is 3. The number of ether oxygens (including phenoxy) is 1. The van der Waals surface area contributed by atoms with Crippen LogP contribution in [0, 0.1) is 17.5 Å². The Hall–Kier alpha value is -4.92. The van der Waals surface area contributed by atoms with Crippen LogP contribution in [0.25, 0.3) is 17.1 Å². The summed E-state index contributed by atoms with van der Waals surface area (Å²) < 4.78 is 47.4. The Morgan fingerprint density at radius 2 is 1.49 bits per heavy atom. The molecule has 0 saturated carbocycles. The summed E-state index contributed by atoms with van der Waals surface area (Å²) in [6, 6.07) is 23.9. The fourth-order valence-corrected chi connectivity index (χ4v) is 3.57. The number of amides is 1. The predicted octanol–water partition coefficient (Wildman–Crippen LogP) is 6.18. The Balaban J connectivity index is 1.40. The maximum Gasteiger partial charge on any atom is 0.336 e. The van der Waals surface area contributed by atoms with Crippen molar-refractivity contribution in [3.05, 3.63) is 126 Å². The summed E-state index contributed by atoms with van der Waals surface area (Å²) >= 11 is 0. The zero-order chi connectivity index (χ0) is 25.8. The third kappa shape index (κ3) is 5.67. The number of anilines is 1. The molecule has 1 aromatic heterocycles. The number of benzene rings is 4. The van der Waals surface area contributed by atoms with Gasteiger partial charge in [0.2, 0.25) is 0 Å². The molecule has 0 aliphatic heterocycles. The standard InChI is InChI=1S/C28H19F3N4O2/c29-21-8-4-18(5-9-21)17-37-28-33-26(19-6-10-22(30)11-7-19)35(34-28)25-14-12-24(13-15-25)32-27(36)20-2-1-3-23(31)16-20/h1-16H,17H2,(H,32,36). The van der Waals surface area contributed by atoms with Gasteiger partial charge < -0.3 is 10.1 Å². The molecule has 1 heterocycles. The molecule has 0 aliphatic rings. The van der Waals surface area contributed by atoms with Crippen LogP contribution < -0.4 is 10.1 Å². The molecule has 0 atom stereocenters. The topological polar surface area (TPSA) is 69.0 Å². The molecule has 37 heavy (non-hydrogen) atoms. The first-order chi connectivity index (χ1) is 17.9. The van der Waals surface area contributed by atoms with Gasteiger partial charge in [-0.15, -0.1) is 5.10 Å². The first-order valence-electron chi connectivity index (χ1n) is 11.2. The molecule has 6 nitrogen and oxygen atoms in total. The zero-order valence-corrected chi connectivity index (χ0v) is 19.2. The van der Waals surface area contributed by atoms with Crippen molar-refractivity contribution in [3.63, 3.8) is 0 Å². The highest BCUT2D eigenvalue weighted by atomic mass is 19.1. The van der Waals surface area contributed by atoms with Gasteiger partial charge in [0.1, 0.15) is 24.1 Å². The van der Waals surface area contributed by atoms with Crippen LogP contribution >= 0.6 is 0 Å². The second kappa shape index (κ2) is 10.4. The lowest BCUT2D eigenvalue weighted by Crippen LogP contribution is -2.12. The van der Waals surface area contributed by atoms with Gasteiger partial charge in [-0.1, -0.05) is 18.2 Å². The van der Waals surface area contributed by atoms with E-state index in [0.29, 0.717) is 22.8 Å². The number of aromatic nitrogens is 3. The van der Waals surface area contributed by atoms with Crippen LogP contribution in [0.1, 0.15) is 15.9 Å². The summed E-state index contributed by atoms with van der Waals surface area (Å²) in [6.07, 6.45) is 0.